The number of rotatable bonds is 4. The zero-order valence-electron chi connectivity index (χ0n) is 12.9. The summed E-state index contributed by atoms with van der Waals surface area (Å²) in [5, 5.41) is 5.98. The fourth-order valence-electron chi connectivity index (χ4n) is 1.95. The van der Waals surface area contributed by atoms with Crippen LogP contribution in [0.2, 0.25) is 0 Å². The molecular formula is C16H15F3N2O2S. The lowest BCUT2D eigenvalue weighted by Crippen LogP contribution is -2.19. The Morgan fingerprint density at radius 1 is 0.875 bits per heavy atom. The Labute approximate surface area is 142 Å². The molecule has 0 aliphatic carbocycles. The standard InChI is InChI=1S/C16H15F3N2O2S/c1-22-13-8-7-12(9-14(13)23-2)21-15(24)20-11-5-3-10(4-6-11)16(17,18)19/h3-9H,1-2H3,(H2,20,21,24). The van der Waals surface area contributed by atoms with Crippen LogP contribution >= 0.6 is 12.2 Å². The van der Waals surface area contributed by atoms with Crippen molar-refractivity contribution in [2.24, 2.45) is 0 Å². The smallest absolute Gasteiger partial charge is 0.416 e. The van der Waals surface area contributed by atoms with E-state index >= 15 is 0 Å². The maximum Gasteiger partial charge on any atom is 0.416 e. The van der Waals surface area contributed by atoms with Crippen LogP contribution in [0.1, 0.15) is 5.56 Å². The number of hydrogen-bond donors (Lipinski definition) is 2. The van der Waals surface area contributed by atoms with E-state index in [1.54, 1.807) is 18.2 Å². The zero-order valence-corrected chi connectivity index (χ0v) is 13.7. The van der Waals surface area contributed by atoms with Crippen molar-refractivity contribution in [3.63, 3.8) is 0 Å². The SMILES string of the molecule is COc1ccc(NC(=S)Nc2ccc(C(F)(F)F)cc2)cc1OC. The van der Waals surface area contributed by atoms with E-state index in [1.165, 1.54) is 26.4 Å². The number of hydrogen-bond acceptors (Lipinski definition) is 3. The van der Waals surface area contributed by atoms with Gasteiger partial charge in [-0.1, -0.05) is 0 Å². The third kappa shape index (κ3) is 4.51. The van der Waals surface area contributed by atoms with Crippen molar-refractivity contribution < 1.29 is 22.6 Å². The predicted octanol–water partition coefficient (Wildman–Crippen LogP) is 4.53. The molecule has 0 heterocycles. The molecule has 2 aromatic rings. The van der Waals surface area contributed by atoms with E-state index in [0.29, 0.717) is 22.9 Å². The highest BCUT2D eigenvalue weighted by atomic mass is 32.1. The van der Waals surface area contributed by atoms with Gasteiger partial charge in [0.25, 0.3) is 0 Å². The van der Waals surface area contributed by atoms with Crippen LogP contribution in [0.25, 0.3) is 0 Å². The maximum atomic E-state index is 12.5. The fourth-order valence-corrected chi connectivity index (χ4v) is 2.19. The predicted molar refractivity (Wildman–Crippen MR) is 90.8 cm³/mol. The van der Waals surface area contributed by atoms with E-state index in [4.69, 9.17) is 21.7 Å². The van der Waals surface area contributed by atoms with E-state index in [-0.39, 0.29) is 5.11 Å². The number of anilines is 2. The topological polar surface area (TPSA) is 42.5 Å². The van der Waals surface area contributed by atoms with Crippen LogP contribution in [-0.2, 0) is 6.18 Å². The van der Waals surface area contributed by atoms with Gasteiger partial charge in [0.2, 0.25) is 0 Å². The first-order valence-electron chi connectivity index (χ1n) is 6.81. The molecule has 2 rings (SSSR count). The third-order valence-corrected chi connectivity index (χ3v) is 3.32. The number of thiocarbonyl (C=S) groups is 1. The van der Waals surface area contributed by atoms with E-state index in [0.717, 1.165) is 12.1 Å². The van der Waals surface area contributed by atoms with E-state index in [9.17, 15) is 13.2 Å². The second-order valence-electron chi connectivity index (χ2n) is 4.72. The summed E-state index contributed by atoms with van der Waals surface area (Å²) in [6.07, 6.45) is -4.36. The summed E-state index contributed by atoms with van der Waals surface area (Å²) in [6.45, 7) is 0. The van der Waals surface area contributed by atoms with E-state index < -0.39 is 11.7 Å². The quantitative estimate of drug-likeness (QED) is 0.788. The van der Waals surface area contributed by atoms with Crippen molar-refractivity contribution in [2.75, 3.05) is 24.9 Å². The highest BCUT2D eigenvalue weighted by Crippen LogP contribution is 2.31. The summed E-state index contributed by atoms with van der Waals surface area (Å²) < 4.78 is 47.9. The van der Waals surface area contributed by atoms with Gasteiger partial charge in [0, 0.05) is 17.4 Å². The minimum absolute atomic E-state index is 0.238. The molecule has 2 aromatic carbocycles. The number of halogens is 3. The Kier molecular flexibility index (Phi) is 5.50. The van der Waals surface area contributed by atoms with Gasteiger partial charge in [-0.2, -0.15) is 13.2 Å². The number of nitrogens with one attached hydrogen (secondary N) is 2. The summed E-state index contributed by atoms with van der Waals surface area (Å²) in [6, 6.07) is 9.74. The third-order valence-electron chi connectivity index (χ3n) is 3.11. The molecule has 0 aliphatic heterocycles. The van der Waals surface area contributed by atoms with Gasteiger partial charge in [-0.25, -0.2) is 0 Å². The van der Waals surface area contributed by atoms with Crippen molar-refractivity contribution in [1.82, 2.24) is 0 Å². The highest BCUT2D eigenvalue weighted by molar-refractivity contribution is 7.80. The highest BCUT2D eigenvalue weighted by Gasteiger charge is 2.29. The minimum atomic E-state index is -4.36. The Morgan fingerprint density at radius 3 is 1.96 bits per heavy atom. The number of benzene rings is 2. The number of ether oxygens (including phenoxy) is 2. The molecule has 0 aliphatic rings. The van der Waals surface area contributed by atoms with Crippen LogP contribution in [0.3, 0.4) is 0 Å². The van der Waals surface area contributed by atoms with Gasteiger partial charge in [0.05, 0.1) is 19.8 Å². The van der Waals surface area contributed by atoms with Crippen molar-refractivity contribution in [1.29, 1.82) is 0 Å². The van der Waals surface area contributed by atoms with Crippen LogP contribution in [0.4, 0.5) is 24.5 Å². The van der Waals surface area contributed by atoms with Gasteiger partial charge < -0.3 is 20.1 Å². The molecule has 0 unspecified atom stereocenters. The van der Waals surface area contributed by atoms with Crippen molar-refractivity contribution in [3.05, 3.63) is 48.0 Å². The molecule has 0 fully saturated rings. The average Bonchev–Trinajstić information content (AvgIpc) is 2.54. The molecule has 8 heteroatoms. The minimum Gasteiger partial charge on any atom is -0.493 e. The van der Waals surface area contributed by atoms with Crippen LogP contribution < -0.4 is 20.1 Å². The van der Waals surface area contributed by atoms with Crippen LogP contribution in [0.5, 0.6) is 11.5 Å². The van der Waals surface area contributed by atoms with Gasteiger partial charge in [0.15, 0.2) is 16.6 Å². The van der Waals surface area contributed by atoms with Gasteiger partial charge in [-0.05, 0) is 48.6 Å². The molecule has 0 spiro atoms. The van der Waals surface area contributed by atoms with Crippen molar-refractivity contribution in [2.45, 2.75) is 6.18 Å². The summed E-state index contributed by atoms with van der Waals surface area (Å²) in [4.78, 5) is 0. The van der Waals surface area contributed by atoms with Crippen molar-refractivity contribution >= 4 is 28.7 Å². The second kappa shape index (κ2) is 7.39. The summed E-state index contributed by atoms with van der Waals surface area (Å²) in [7, 11) is 3.04. The average molecular weight is 356 g/mol. The Balaban J connectivity index is 2.03. The molecule has 2 N–H and O–H groups in total. The van der Waals surface area contributed by atoms with Gasteiger partial charge in [-0.3, -0.25) is 0 Å². The molecule has 24 heavy (non-hydrogen) atoms. The van der Waals surface area contributed by atoms with Gasteiger partial charge in [0.1, 0.15) is 0 Å². The van der Waals surface area contributed by atoms with Gasteiger partial charge in [-0.15, -0.1) is 0 Å². The Morgan fingerprint density at radius 2 is 1.42 bits per heavy atom. The lowest BCUT2D eigenvalue weighted by molar-refractivity contribution is -0.137. The molecular weight excluding hydrogens is 341 g/mol. The number of methoxy groups -OCH3 is 2. The van der Waals surface area contributed by atoms with Crippen LogP contribution in [0, 0.1) is 0 Å². The molecule has 0 amide bonds. The molecule has 0 radical (unpaired) electrons. The van der Waals surface area contributed by atoms with Crippen LogP contribution in [-0.4, -0.2) is 19.3 Å². The number of alkyl halides is 3. The lowest BCUT2D eigenvalue weighted by Gasteiger charge is -2.13. The molecule has 0 atom stereocenters. The summed E-state index contributed by atoms with van der Waals surface area (Å²) in [5.41, 5.74) is 0.379. The molecule has 0 saturated heterocycles. The molecule has 0 bridgehead atoms. The largest absolute Gasteiger partial charge is 0.493 e. The first-order valence-corrected chi connectivity index (χ1v) is 7.21. The second-order valence-corrected chi connectivity index (χ2v) is 5.13. The van der Waals surface area contributed by atoms with Crippen molar-refractivity contribution in [3.8, 4) is 11.5 Å². The lowest BCUT2D eigenvalue weighted by atomic mass is 10.2. The fraction of sp³-hybridized carbons (Fsp3) is 0.188. The van der Waals surface area contributed by atoms with Crippen LogP contribution in [0.15, 0.2) is 42.5 Å². The molecule has 0 saturated carbocycles. The van der Waals surface area contributed by atoms with E-state index in [1.807, 2.05) is 0 Å². The molecule has 0 aromatic heterocycles. The molecule has 128 valence electrons. The Bertz CT molecular complexity index is 718. The van der Waals surface area contributed by atoms with Gasteiger partial charge >= 0.3 is 6.18 Å². The Hall–Kier alpha value is -2.48. The molecule has 4 nitrogen and oxygen atoms in total. The first kappa shape index (κ1) is 17.9. The van der Waals surface area contributed by atoms with E-state index in [2.05, 4.69) is 10.6 Å². The monoisotopic (exact) mass is 356 g/mol. The summed E-state index contributed by atoms with van der Waals surface area (Å²) >= 11 is 5.15. The normalized spacial score (nSPS) is 10.9. The first-order chi connectivity index (χ1) is 11.3. The summed E-state index contributed by atoms with van der Waals surface area (Å²) in [5.74, 6) is 1.10. The maximum absolute atomic E-state index is 12.5. The zero-order chi connectivity index (χ0) is 17.7.